The van der Waals surface area contributed by atoms with E-state index in [0.717, 1.165) is 5.56 Å². The zero-order chi connectivity index (χ0) is 24.7. The van der Waals surface area contributed by atoms with Gasteiger partial charge in [-0.3, -0.25) is 0 Å². The monoisotopic (exact) mass is 481 g/mol. The average molecular weight is 481 g/mol. The molecule has 0 aliphatic carbocycles. The number of ether oxygens (including phenoxy) is 2. The average Bonchev–Trinajstić information content (AvgIpc) is 3.39. The number of fused-ring (bicyclic) bond motifs is 1. The van der Waals surface area contributed by atoms with E-state index < -0.39 is 12.2 Å². The predicted octanol–water partition coefficient (Wildman–Crippen LogP) is 4.86. The molecule has 0 fully saturated rings. The highest BCUT2D eigenvalue weighted by Crippen LogP contribution is 2.27. The molecule has 0 saturated heterocycles. The van der Waals surface area contributed by atoms with Crippen LogP contribution in [-0.4, -0.2) is 27.1 Å². The van der Waals surface area contributed by atoms with Crippen LogP contribution < -0.4 is 19.9 Å². The van der Waals surface area contributed by atoms with Crippen LogP contribution in [0.3, 0.4) is 0 Å². The molecule has 5 rings (SSSR count). The highest BCUT2D eigenvalue weighted by Gasteiger charge is 2.26. The Labute approximate surface area is 205 Å². The van der Waals surface area contributed by atoms with Crippen molar-refractivity contribution in [1.82, 2.24) is 15.0 Å². The first kappa shape index (κ1) is 22.5. The van der Waals surface area contributed by atoms with Crippen molar-refractivity contribution in [2.24, 2.45) is 0 Å². The fourth-order valence-electron chi connectivity index (χ4n) is 3.48. The second-order valence-corrected chi connectivity index (χ2v) is 7.58. The number of imidazole rings is 1. The van der Waals surface area contributed by atoms with Crippen molar-refractivity contribution in [3.05, 3.63) is 103 Å². The molecule has 178 valence electrons. The highest BCUT2D eigenvalue weighted by atomic mass is 16.6. The van der Waals surface area contributed by atoms with Gasteiger partial charge < -0.3 is 14.5 Å². The van der Waals surface area contributed by atoms with Crippen LogP contribution in [0.1, 0.15) is 5.56 Å². The highest BCUT2D eigenvalue weighted by molar-refractivity contribution is 5.97. The van der Waals surface area contributed by atoms with E-state index in [4.69, 9.17) is 9.47 Å². The second-order valence-electron chi connectivity index (χ2n) is 7.58. The molecule has 2 heterocycles. The minimum Gasteiger partial charge on any atom is -0.433 e. The minimum absolute atomic E-state index is 0.00133. The SMILES string of the molecule is O=C(Nc1nc2nc[nH]c2c(OC(=O)N(c2ccccc2)c2ccccc2)[nH+]1)OCc1ccccc1. The smallest absolute Gasteiger partial charge is 0.433 e. The number of para-hydroxylation sites is 2. The Balaban J connectivity index is 1.38. The first-order valence-corrected chi connectivity index (χ1v) is 11.0. The number of amides is 2. The van der Waals surface area contributed by atoms with Crippen LogP contribution in [0.25, 0.3) is 11.2 Å². The van der Waals surface area contributed by atoms with Crippen molar-refractivity contribution < 1.29 is 24.0 Å². The van der Waals surface area contributed by atoms with Crippen LogP contribution in [0.15, 0.2) is 97.3 Å². The number of benzene rings is 3. The summed E-state index contributed by atoms with van der Waals surface area (Å²) in [5.41, 5.74) is 2.66. The molecule has 0 atom stereocenters. The summed E-state index contributed by atoms with van der Waals surface area (Å²) in [5, 5.41) is 2.51. The number of hydrogen-bond acceptors (Lipinski definition) is 6. The van der Waals surface area contributed by atoms with Gasteiger partial charge in [0.05, 0.1) is 17.7 Å². The number of carbonyl (C=O) groups is 2. The van der Waals surface area contributed by atoms with Crippen LogP contribution >= 0.6 is 0 Å². The van der Waals surface area contributed by atoms with Gasteiger partial charge in [-0.2, -0.15) is 5.32 Å². The number of carbonyl (C=O) groups excluding carboxylic acids is 2. The van der Waals surface area contributed by atoms with Gasteiger partial charge in [-0.15, -0.1) is 0 Å². The lowest BCUT2D eigenvalue weighted by atomic mass is 10.2. The predicted molar refractivity (Wildman–Crippen MR) is 132 cm³/mol. The van der Waals surface area contributed by atoms with Crippen LogP contribution in [0.2, 0.25) is 0 Å². The molecule has 0 bridgehead atoms. The van der Waals surface area contributed by atoms with E-state index >= 15 is 0 Å². The number of aromatic amines is 2. The van der Waals surface area contributed by atoms with Gasteiger partial charge in [-0.25, -0.2) is 24.5 Å². The van der Waals surface area contributed by atoms with Crippen molar-refractivity contribution in [3.63, 3.8) is 0 Å². The van der Waals surface area contributed by atoms with Crippen molar-refractivity contribution >= 4 is 40.7 Å². The molecule has 0 spiro atoms. The number of nitrogens with one attached hydrogen (secondary N) is 3. The van der Waals surface area contributed by atoms with Crippen molar-refractivity contribution in [3.8, 4) is 5.88 Å². The molecule has 0 unspecified atom stereocenters. The largest absolute Gasteiger partial charge is 0.476 e. The third kappa shape index (κ3) is 5.12. The molecule has 0 saturated carbocycles. The van der Waals surface area contributed by atoms with Gasteiger partial charge in [0.15, 0.2) is 5.52 Å². The zero-order valence-corrected chi connectivity index (χ0v) is 18.9. The van der Waals surface area contributed by atoms with Crippen molar-refractivity contribution in [2.45, 2.75) is 6.61 Å². The fraction of sp³-hybridized carbons (Fsp3) is 0.0385. The summed E-state index contributed by atoms with van der Waals surface area (Å²) in [6, 6.07) is 27.5. The molecule has 0 radical (unpaired) electrons. The van der Waals surface area contributed by atoms with Gasteiger partial charge in [0.1, 0.15) is 6.61 Å². The number of nitrogens with zero attached hydrogens (tertiary/aromatic N) is 3. The summed E-state index contributed by atoms with van der Waals surface area (Å²) in [6.07, 6.45) is 0.000268. The van der Waals surface area contributed by atoms with E-state index in [0.29, 0.717) is 16.9 Å². The Hall–Kier alpha value is -5.25. The summed E-state index contributed by atoms with van der Waals surface area (Å²) >= 11 is 0. The van der Waals surface area contributed by atoms with E-state index in [9.17, 15) is 9.59 Å². The summed E-state index contributed by atoms with van der Waals surface area (Å²) in [4.78, 5) is 41.2. The van der Waals surface area contributed by atoms with Crippen LogP contribution in [-0.2, 0) is 11.3 Å². The maximum absolute atomic E-state index is 13.4. The molecule has 2 aromatic heterocycles. The zero-order valence-electron chi connectivity index (χ0n) is 18.9. The Bertz CT molecular complexity index is 1440. The second kappa shape index (κ2) is 10.3. The molecular weight excluding hydrogens is 460 g/mol. The topological polar surface area (TPSA) is 124 Å². The number of H-pyrrole nitrogens is 2. The third-order valence-electron chi connectivity index (χ3n) is 5.13. The molecule has 5 aromatic rings. The fourth-order valence-corrected chi connectivity index (χ4v) is 3.48. The Morgan fingerprint density at radius 3 is 2.14 bits per heavy atom. The van der Waals surface area contributed by atoms with Gasteiger partial charge >= 0.3 is 18.1 Å². The van der Waals surface area contributed by atoms with Crippen LogP contribution in [0.5, 0.6) is 5.88 Å². The first-order valence-electron chi connectivity index (χ1n) is 11.0. The number of hydrogen-bond donors (Lipinski definition) is 2. The van der Waals surface area contributed by atoms with E-state index in [1.807, 2.05) is 66.7 Å². The molecule has 36 heavy (non-hydrogen) atoms. The Morgan fingerprint density at radius 2 is 1.50 bits per heavy atom. The number of rotatable bonds is 6. The number of aromatic nitrogens is 4. The van der Waals surface area contributed by atoms with Gasteiger partial charge in [-0.1, -0.05) is 66.7 Å². The molecule has 10 nitrogen and oxygen atoms in total. The molecule has 3 N–H and O–H groups in total. The Kier molecular flexibility index (Phi) is 6.48. The van der Waals surface area contributed by atoms with Crippen molar-refractivity contribution in [1.29, 1.82) is 0 Å². The van der Waals surface area contributed by atoms with Gasteiger partial charge in [-0.05, 0) is 34.8 Å². The number of anilines is 3. The lowest BCUT2D eigenvalue weighted by Crippen LogP contribution is -2.32. The van der Waals surface area contributed by atoms with Crippen LogP contribution in [0.4, 0.5) is 26.9 Å². The summed E-state index contributed by atoms with van der Waals surface area (Å²) in [7, 11) is 0. The summed E-state index contributed by atoms with van der Waals surface area (Å²) < 4.78 is 11.0. The lowest BCUT2D eigenvalue weighted by molar-refractivity contribution is -0.374. The first-order chi connectivity index (χ1) is 17.7. The van der Waals surface area contributed by atoms with Crippen molar-refractivity contribution in [2.75, 3.05) is 10.2 Å². The van der Waals surface area contributed by atoms with Crippen LogP contribution in [0, 0.1) is 0 Å². The Morgan fingerprint density at radius 1 is 0.889 bits per heavy atom. The molecular formula is C26H21N6O4+. The quantitative estimate of drug-likeness (QED) is 0.357. The normalized spacial score (nSPS) is 10.6. The summed E-state index contributed by atoms with van der Waals surface area (Å²) in [6.45, 7) is 0.0856. The molecule has 3 aromatic carbocycles. The third-order valence-corrected chi connectivity index (χ3v) is 5.13. The van der Waals surface area contributed by atoms with E-state index in [1.165, 1.54) is 11.2 Å². The molecule has 2 amide bonds. The van der Waals surface area contributed by atoms with E-state index in [1.54, 1.807) is 24.3 Å². The molecule has 0 aliphatic rings. The maximum Gasteiger partial charge on any atom is 0.476 e. The summed E-state index contributed by atoms with van der Waals surface area (Å²) in [5.74, 6) is 0.0270. The van der Waals surface area contributed by atoms with E-state index in [2.05, 4.69) is 25.3 Å². The van der Waals surface area contributed by atoms with Gasteiger partial charge in [0.25, 0.3) is 11.5 Å². The standard InChI is InChI=1S/C26H20N6O4/c33-25(35-16-18-10-4-1-5-11-18)31-24-29-22-21(27-17-28-22)23(30-24)36-26(34)32(19-12-6-2-7-13-19)20-14-8-3-9-15-20/h1-15,17H,16H2,(H2,27,28,29,30,31,33)/p+1. The lowest BCUT2D eigenvalue weighted by Gasteiger charge is -2.21. The minimum atomic E-state index is -0.732. The van der Waals surface area contributed by atoms with Gasteiger partial charge in [0, 0.05) is 0 Å². The van der Waals surface area contributed by atoms with E-state index in [-0.39, 0.29) is 24.1 Å². The molecule has 0 aliphatic heterocycles. The van der Waals surface area contributed by atoms with Gasteiger partial charge in [0.2, 0.25) is 0 Å². The molecule has 10 heteroatoms. The maximum atomic E-state index is 13.4.